The molecular formula is C37H26N2. The largest absolute Gasteiger partial charge is 0.237 e. The van der Waals surface area contributed by atoms with Crippen molar-refractivity contribution in [3.05, 3.63) is 133 Å². The molecule has 0 spiro atoms. The second-order valence-corrected chi connectivity index (χ2v) is 11.0. The minimum atomic E-state index is -0.138. The Hall–Kier alpha value is -4.82. The third-order valence-corrected chi connectivity index (χ3v) is 8.50. The highest BCUT2D eigenvalue weighted by Crippen LogP contribution is 2.54. The summed E-state index contributed by atoms with van der Waals surface area (Å²) in [6.45, 7) is 4.74. The fourth-order valence-electron chi connectivity index (χ4n) is 6.72. The molecule has 2 heteroatoms. The van der Waals surface area contributed by atoms with Crippen molar-refractivity contribution >= 4 is 32.3 Å². The van der Waals surface area contributed by atoms with Crippen LogP contribution in [-0.2, 0) is 5.41 Å². The molecule has 0 atom stereocenters. The lowest BCUT2D eigenvalue weighted by Crippen LogP contribution is -2.15. The van der Waals surface area contributed by atoms with Gasteiger partial charge in [-0.2, -0.15) is 0 Å². The first-order chi connectivity index (χ1) is 19.1. The van der Waals surface area contributed by atoms with Gasteiger partial charge in [0.15, 0.2) is 5.82 Å². The van der Waals surface area contributed by atoms with Crippen LogP contribution >= 0.6 is 0 Å². The average Bonchev–Trinajstić information content (AvgIpc) is 3.23. The molecule has 1 aliphatic rings. The van der Waals surface area contributed by atoms with Gasteiger partial charge in [-0.15, -0.1) is 0 Å². The number of hydrogen-bond donors (Lipinski definition) is 0. The number of benzene rings is 6. The molecule has 0 N–H and O–H groups in total. The minimum Gasteiger partial charge on any atom is -0.237 e. The molecule has 0 saturated carbocycles. The van der Waals surface area contributed by atoms with Crippen LogP contribution in [0, 0.1) is 0 Å². The van der Waals surface area contributed by atoms with Crippen LogP contribution < -0.4 is 0 Å². The van der Waals surface area contributed by atoms with Gasteiger partial charge in [0.1, 0.15) is 0 Å². The van der Waals surface area contributed by atoms with E-state index >= 15 is 0 Å². The van der Waals surface area contributed by atoms with Crippen LogP contribution in [0.5, 0.6) is 0 Å². The first kappa shape index (κ1) is 22.2. The zero-order valence-electron chi connectivity index (χ0n) is 21.9. The van der Waals surface area contributed by atoms with Gasteiger partial charge in [-0.25, -0.2) is 9.97 Å². The first-order valence-electron chi connectivity index (χ1n) is 13.5. The van der Waals surface area contributed by atoms with Gasteiger partial charge in [-0.3, -0.25) is 0 Å². The molecule has 0 unspecified atom stereocenters. The lowest BCUT2D eigenvalue weighted by atomic mass is 9.78. The highest BCUT2D eigenvalue weighted by molar-refractivity contribution is 6.27. The predicted octanol–water partition coefficient (Wildman–Crippen LogP) is 9.58. The Bertz CT molecular complexity index is 2050. The Kier molecular flexibility index (Phi) is 4.60. The SMILES string of the molecule is CC1(C)c2ccc(-c3nccc(-c4ccccc4)n3)cc2-c2ccc3c4ccccc4c4ccccc4c3c21. The highest BCUT2D eigenvalue weighted by atomic mass is 14.9. The summed E-state index contributed by atoms with van der Waals surface area (Å²) in [5.41, 5.74) is 8.28. The van der Waals surface area contributed by atoms with Crippen LogP contribution in [0.4, 0.5) is 0 Å². The van der Waals surface area contributed by atoms with Gasteiger partial charge in [-0.1, -0.05) is 117 Å². The Morgan fingerprint density at radius 2 is 1.18 bits per heavy atom. The Labute approximate surface area is 227 Å². The van der Waals surface area contributed by atoms with Crippen LogP contribution in [0.2, 0.25) is 0 Å². The first-order valence-corrected chi connectivity index (χ1v) is 13.5. The van der Waals surface area contributed by atoms with Gasteiger partial charge in [0.2, 0.25) is 0 Å². The normalized spacial score (nSPS) is 13.6. The van der Waals surface area contributed by atoms with E-state index in [1.54, 1.807) is 0 Å². The lowest BCUT2D eigenvalue weighted by molar-refractivity contribution is 0.666. The van der Waals surface area contributed by atoms with Crippen molar-refractivity contribution in [3.8, 4) is 33.8 Å². The molecule has 7 aromatic rings. The molecule has 1 aromatic heterocycles. The molecule has 8 rings (SSSR count). The van der Waals surface area contributed by atoms with E-state index in [1.807, 2.05) is 30.5 Å². The Morgan fingerprint density at radius 3 is 1.92 bits per heavy atom. The van der Waals surface area contributed by atoms with Gasteiger partial charge in [-0.05, 0) is 66.7 Å². The number of rotatable bonds is 2. The average molecular weight is 499 g/mol. The molecule has 2 nitrogen and oxygen atoms in total. The van der Waals surface area contributed by atoms with Crippen LogP contribution in [0.15, 0.2) is 121 Å². The maximum absolute atomic E-state index is 4.94. The summed E-state index contributed by atoms with van der Waals surface area (Å²) in [7, 11) is 0. The van der Waals surface area contributed by atoms with Crippen molar-refractivity contribution in [3.63, 3.8) is 0 Å². The molecule has 0 radical (unpaired) electrons. The van der Waals surface area contributed by atoms with E-state index in [4.69, 9.17) is 4.98 Å². The second-order valence-electron chi connectivity index (χ2n) is 11.0. The standard InChI is InChI=1S/C37H26N2/c1-37(2)32-19-16-24(36-38-21-20-33(39-36)23-10-4-3-5-11-23)22-31(32)30-18-17-29-27-14-7-6-12-25(27)26-13-8-9-15-28(26)34(29)35(30)37/h3-22H,1-2H3. The monoisotopic (exact) mass is 498 g/mol. The predicted molar refractivity (Wildman–Crippen MR) is 163 cm³/mol. The van der Waals surface area contributed by atoms with Gasteiger partial charge >= 0.3 is 0 Å². The van der Waals surface area contributed by atoms with Crippen molar-refractivity contribution in [2.24, 2.45) is 0 Å². The second kappa shape index (κ2) is 8.09. The summed E-state index contributed by atoms with van der Waals surface area (Å²) in [5, 5.41) is 7.95. The zero-order valence-corrected chi connectivity index (χ0v) is 21.9. The van der Waals surface area contributed by atoms with E-state index in [-0.39, 0.29) is 5.41 Å². The summed E-state index contributed by atoms with van der Waals surface area (Å²) in [6.07, 6.45) is 1.86. The molecule has 1 heterocycles. The molecule has 0 fully saturated rings. The van der Waals surface area contributed by atoms with E-state index in [0.29, 0.717) is 0 Å². The molecule has 0 amide bonds. The molecular weight excluding hydrogens is 472 g/mol. The van der Waals surface area contributed by atoms with E-state index in [0.717, 1.165) is 22.6 Å². The number of fused-ring (bicyclic) bond motifs is 10. The van der Waals surface area contributed by atoms with E-state index < -0.39 is 0 Å². The maximum atomic E-state index is 4.94. The minimum absolute atomic E-state index is 0.138. The van der Waals surface area contributed by atoms with Crippen LogP contribution in [0.1, 0.15) is 25.0 Å². The van der Waals surface area contributed by atoms with Crippen molar-refractivity contribution in [2.75, 3.05) is 0 Å². The van der Waals surface area contributed by atoms with Crippen molar-refractivity contribution in [1.82, 2.24) is 9.97 Å². The summed E-state index contributed by atoms with van der Waals surface area (Å²) < 4.78 is 0. The summed E-state index contributed by atoms with van der Waals surface area (Å²) in [6, 6.07) is 41.4. The Morgan fingerprint density at radius 1 is 0.538 bits per heavy atom. The van der Waals surface area contributed by atoms with Gasteiger partial charge < -0.3 is 0 Å². The molecule has 1 aliphatic carbocycles. The summed E-state index contributed by atoms with van der Waals surface area (Å²) in [5.74, 6) is 0.752. The van der Waals surface area contributed by atoms with E-state index in [9.17, 15) is 0 Å². The fraction of sp³-hybridized carbons (Fsp3) is 0.0811. The molecule has 184 valence electrons. The Balaban J connectivity index is 1.39. The number of hydrogen-bond acceptors (Lipinski definition) is 2. The van der Waals surface area contributed by atoms with Crippen LogP contribution in [-0.4, -0.2) is 9.97 Å². The summed E-state index contributed by atoms with van der Waals surface area (Å²) >= 11 is 0. The fourth-order valence-corrected chi connectivity index (χ4v) is 6.72. The third kappa shape index (κ3) is 3.15. The van der Waals surface area contributed by atoms with Gasteiger partial charge in [0.05, 0.1) is 5.69 Å². The molecule has 0 saturated heterocycles. The molecule has 39 heavy (non-hydrogen) atoms. The van der Waals surface area contributed by atoms with Crippen molar-refractivity contribution in [1.29, 1.82) is 0 Å². The van der Waals surface area contributed by atoms with Crippen molar-refractivity contribution < 1.29 is 0 Å². The quantitative estimate of drug-likeness (QED) is 0.222. The smallest absolute Gasteiger partial charge is 0.159 e. The molecule has 0 aliphatic heterocycles. The lowest BCUT2D eigenvalue weighted by Gasteiger charge is -2.24. The molecule has 6 aromatic carbocycles. The van der Waals surface area contributed by atoms with Crippen LogP contribution in [0.3, 0.4) is 0 Å². The number of nitrogens with zero attached hydrogens (tertiary/aromatic N) is 2. The van der Waals surface area contributed by atoms with Crippen molar-refractivity contribution in [2.45, 2.75) is 19.3 Å². The summed E-state index contributed by atoms with van der Waals surface area (Å²) in [4.78, 5) is 9.61. The zero-order chi connectivity index (χ0) is 26.1. The van der Waals surface area contributed by atoms with Crippen LogP contribution in [0.25, 0.3) is 66.1 Å². The van der Waals surface area contributed by atoms with E-state index in [1.165, 1.54) is 54.6 Å². The van der Waals surface area contributed by atoms with E-state index in [2.05, 4.69) is 110 Å². The van der Waals surface area contributed by atoms with Gasteiger partial charge in [0.25, 0.3) is 0 Å². The maximum Gasteiger partial charge on any atom is 0.159 e. The topological polar surface area (TPSA) is 25.8 Å². The number of aromatic nitrogens is 2. The third-order valence-electron chi connectivity index (χ3n) is 8.50. The van der Waals surface area contributed by atoms with Gasteiger partial charge in [0, 0.05) is 22.7 Å². The molecule has 0 bridgehead atoms. The highest BCUT2D eigenvalue weighted by Gasteiger charge is 2.37.